The molecule has 1 atom stereocenters. The molecule has 0 unspecified atom stereocenters. The standard InChI is InChI=1S/C22H20F3N7O3/c1-3-34-11-16(20(33)29-17-10-26-12(2)8-27-17)35-21-14-9-28-32-19(14)30-18(31-21)13-6-4-5-7-15(13)22(23,24)25/h4-10,16H,3,11H2,1-2H3,(H,27,29,33)(H,28,30,31,32)/t16-/m0/s1. The van der Waals surface area contributed by atoms with E-state index in [-0.39, 0.29) is 40.7 Å². The lowest BCUT2D eigenvalue weighted by Crippen LogP contribution is -2.37. The fraction of sp³-hybridized carbons (Fsp3) is 0.273. The number of H-pyrrole nitrogens is 1. The number of hydrogen-bond donors (Lipinski definition) is 2. The van der Waals surface area contributed by atoms with Crippen LogP contribution in [0.2, 0.25) is 0 Å². The third-order valence-electron chi connectivity index (χ3n) is 4.80. The van der Waals surface area contributed by atoms with Crippen LogP contribution in [-0.2, 0) is 15.7 Å². The van der Waals surface area contributed by atoms with Gasteiger partial charge in [-0.3, -0.25) is 14.9 Å². The van der Waals surface area contributed by atoms with Crippen LogP contribution in [0.15, 0.2) is 42.9 Å². The van der Waals surface area contributed by atoms with Crippen molar-refractivity contribution in [3.05, 3.63) is 54.1 Å². The highest BCUT2D eigenvalue weighted by atomic mass is 19.4. The second-order valence-corrected chi connectivity index (χ2v) is 7.33. The van der Waals surface area contributed by atoms with Crippen LogP contribution in [-0.4, -0.2) is 55.4 Å². The molecule has 0 spiro atoms. The van der Waals surface area contributed by atoms with Crippen molar-refractivity contribution in [2.75, 3.05) is 18.5 Å². The van der Waals surface area contributed by atoms with Gasteiger partial charge in [-0.2, -0.15) is 23.3 Å². The first-order valence-corrected chi connectivity index (χ1v) is 10.5. The SMILES string of the molecule is CCOC[C@H](Oc1nc(-c2ccccc2C(F)(F)F)nc2[nH]ncc12)C(=O)Nc1cnc(C)cn1. The molecule has 0 bridgehead atoms. The van der Waals surface area contributed by atoms with E-state index in [1.807, 2.05) is 0 Å². The van der Waals surface area contributed by atoms with Gasteiger partial charge in [0.1, 0.15) is 5.39 Å². The number of amides is 1. The number of hydrogen-bond acceptors (Lipinski definition) is 8. The third-order valence-corrected chi connectivity index (χ3v) is 4.80. The van der Waals surface area contributed by atoms with E-state index in [0.717, 1.165) is 6.07 Å². The molecule has 0 radical (unpaired) electrons. The predicted octanol–water partition coefficient (Wildman–Crippen LogP) is 3.56. The van der Waals surface area contributed by atoms with E-state index < -0.39 is 23.8 Å². The van der Waals surface area contributed by atoms with E-state index in [2.05, 4.69) is 35.5 Å². The van der Waals surface area contributed by atoms with Crippen LogP contribution in [0.25, 0.3) is 22.4 Å². The third kappa shape index (κ3) is 5.51. The quantitative estimate of drug-likeness (QED) is 0.386. The van der Waals surface area contributed by atoms with E-state index >= 15 is 0 Å². The van der Waals surface area contributed by atoms with Crippen molar-refractivity contribution < 1.29 is 27.4 Å². The van der Waals surface area contributed by atoms with E-state index in [1.54, 1.807) is 13.8 Å². The topological polar surface area (TPSA) is 128 Å². The number of aromatic nitrogens is 6. The number of ether oxygens (including phenoxy) is 2. The van der Waals surface area contributed by atoms with Gasteiger partial charge >= 0.3 is 6.18 Å². The summed E-state index contributed by atoms with van der Waals surface area (Å²) in [5.74, 6) is -0.791. The summed E-state index contributed by atoms with van der Waals surface area (Å²) in [7, 11) is 0. The number of carbonyl (C=O) groups is 1. The number of halogens is 3. The fourth-order valence-electron chi connectivity index (χ4n) is 3.13. The Morgan fingerprint density at radius 2 is 1.94 bits per heavy atom. The Morgan fingerprint density at radius 3 is 2.66 bits per heavy atom. The van der Waals surface area contributed by atoms with Gasteiger partial charge in [-0.25, -0.2) is 9.97 Å². The Kier molecular flexibility index (Phi) is 6.87. The highest BCUT2D eigenvalue weighted by molar-refractivity contribution is 5.94. The largest absolute Gasteiger partial charge is 0.461 e. The van der Waals surface area contributed by atoms with Gasteiger partial charge in [0.15, 0.2) is 17.3 Å². The van der Waals surface area contributed by atoms with Crippen LogP contribution in [0.1, 0.15) is 18.2 Å². The second-order valence-electron chi connectivity index (χ2n) is 7.33. The molecular weight excluding hydrogens is 467 g/mol. The molecular formula is C22H20F3N7O3. The monoisotopic (exact) mass is 487 g/mol. The van der Waals surface area contributed by atoms with Crippen LogP contribution in [0.4, 0.5) is 19.0 Å². The number of alkyl halides is 3. The number of carbonyl (C=O) groups excluding carboxylic acids is 1. The number of rotatable bonds is 8. The highest BCUT2D eigenvalue weighted by Crippen LogP contribution is 2.37. The molecule has 0 aliphatic rings. The molecule has 0 fully saturated rings. The normalized spacial score (nSPS) is 12.5. The van der Waals surface area contributed by atoms with Crippen LogP contribution in [0.5, 0.6) is 5.88 Å². The maximum Gasteiger partial charge on any atom is 0.417 e. The maximum absolute atomic E-state index is 13.6. The van der Waals surface area contributed by atoms with E-state index in [9.17, 15) is 18.0 Å². The molecule has 4 aromatic rings. The van der Waals surface area contributed by atoms with E-state index in [4.69, 9.17) is 9.47 Å². The van der Waals surface area contributed by atoms with E-state index in [1.165, 1.54) is 36.8 Å². The van der Waals surface area contributed by atoms with Crippen molar-refractivity contribution in [2.45, 2.75) is 26.1 Å². The van der Waals surface area contributed by atoms with Gasteiger partial charge in [-0.05, 0) is 19.9 Å². The van der Waals surface area contributed by atoms with Gasteiger partial charge in [0, 0.05) is 12.2 Å². The van der Waals surface area contributed by atoms with Crippen molar-refractivity contribution in [2.24, 2.45) is 0 Å². The van der Waals surface area contributed by atoms with Gasteiger partial charge in [-0.15, -0.1) is 0 Å². The van der Waals surface area contributed by atoms with Crippen LogP contribution in [0, 0.1) is 6.92 Å². The van der Waals surface area contributed by atoms with E-state index in [0.29, 0.717) is 12.3 Å². The molecule has 10 nitrogen and oxygen atoms in total. The van der Waals surface area contributed by atoms with Crippen LogP contribution in [0.3, 0.4) is 0 Å². The van der Waals surface area contributed by atoms with Crippen LogP contribution >= 0.6 is 0 Å². The minimum absolute atomic E-state index is 0.134. The predicted molar refractivity (Wildman–Crippen MR) is 118 cm³/mol. The Balaban J connectivity index is 1.70. The average molecular weight is 487 g/mol. The number of nitrogens with zero attached hydrogens (tertiary/aromatic N) is 5. The molecule has 2 N–H and O–H groups in total. The van der Waals surface area contributed by atoms with Gasteiger partial charge in [0.2, 0.25) is 12.0 Å². The van der Waals surface area contributed by atoms with Gasteiger partial charge < -0.3 is 14.8 Å². The summed E-state index contributed by atoms with van der Waals surface area (Å²) in [6.07, 6.45) is -1.62. The molecule has 0 saturated carbocycles. The minimum Gasteiger partial charge on any atom is -0.461 e. The molecule has 3 aromatic heterocycles. The molecule has 0 aliphatic heterocycles. The first-order chi connectivity index (χ1) is 16.8. The summed E-state index contributed by atoms with van der Waals surface area (Å²) >= 11 is 0. The summed E-state index contributed by atoms with van der Waals surface area (Å²) in [5.41, 5.74) is -0.351. The number of aryl methyl sites for hydroxylation is 1. The number of nitrogens with one attached hydrogen (secondary N) is 2. The minimum atomic E-state index is -4.63. The molecule has 1 amide bonds. The fourth-order valence-corrected chi connectivity index (χ4v) is 3.13. The molecule has 1 aromatic carbocycles. The summed E-state index contributed by atoms with van der Waals surface area (Å²) in [4.78, 5) is 29.5. The lowest BCUT2D eigenvalue weighted by atomic mass is 10.1. The van der Waals surface area contributed by atoms with Crippen molar-refractivity contribution in [1.29, 1.82) is 0 Å². The van der Waals surface area contributed by atoms with Crippen LogP contribution < -0.4 is 10.1 Å². The molecule has 4 rings (SSSR count). The van der Waals surface area contributed by atoms with Crippen molar-refractivity contribution in [3.63, 3.8) is 0 Å². The summed E-state index contributed by atoms with van der Waals surface area (Å²) in [6.45, 7) is 3.64. The van der Waals surface area contributed by atoms with Crippen molar-refractivity contribution >= 4 is 22.8 Å². The number of aromatic amines is 1. The lowest BCUT2D eigenvalue weighted by molar-refractivity contribution is -0.137. The molecule has 3 heterocycles. The number of fused-ring (bicyclic) bond motifs is 1. The summed E-state index contributed by atoms with van der Waals surface area (Å²) < 4.78 is 52.0. The zero-order valence-electron chi connectivity index (χ0n) is 18.6. The smallest absolute Gasteiger partial charge is 0.417 e. The Bertz CT molecular complexity index is 1330. The molecule has 35 heavy (non-hydrogen) atoms. The second kappa shape index (κ2) is 10.0. The van der Waals surface area contributed by atoms with Gasteiger partial charge in [-0.1, -0.05) is 18.2 Å². The first-order valence-electron chi connectivity index (χ1n) is 10.5. The Labute approximate surface area is 196 Å². The molecule has 182 valence electrons. The molecule has 13 heteroatoms. The number of anilines is 1. The number of benzene rings is 1. The first kappa shape index (κ1) is 24.0. The Hall–Kier alpha value is -4.13. The van der Waals surface area contributed by atoms with Gasteiger partial charge in [0.05, 0.1) is 36.5 Å². The summed E-state index contributed by atoms with van der Waals surface area (Å²) in [5, 5.41) is 9.35. The summed E-state index contributed by atoms with van der Waals surface area (Å²) in [6, 6.07) is 4.91. The molecule has 0 saturated heterocycles. The highest BCUT2D eigenvalue weighted by Gasteiger charge is 2.34. The van der Waals surface area contributed by atoms with Gasteiger partial charge in [0.25, 0.3) is 5.91 Å². The average Bonchev–Trinajstić information content (AvgIpc) is 3.31. The zero-order valence-corrected chi connectivity index (χ0v) is 18.6. The zero-order chi connectivity index (χ0) is 25.0. The lowest BCUT2D eigenvalue weighted by Gasteiger charge is -2.19. The Morgan fingerprint density at radius 1 is 1.14 bits per heavy atom. The maximum atomic E-state index is 13.6. The molecule has 0 aliphatic carbocycles. The van der Waals surface area contributed by atoms with Crippen molar-refractivity contribution in [1.82, 2.24) is 30.1 Å². The van der Waals surface area contributed by atoms with Crippen molar-refractivity contribution in [3.8, 4) is 17.3 Å².